The number of benzene rings is 2. The highest BCUT2D eigenvalue weighted by Crippen LogP contribution is 2.33. The predicted octanol–water partition coefficient (Wildman–Crippen LogP) is 5.88. The van der Waals surface area contributed by atoms with E-state index in [0.717, 1.165) is 47.1 Å². The van der Waals surface area contributed by atoms with Gasteiger partial charge < -0.3 is 15.1 Å². The van der Waals surface area contributed by atoms with E-state index in [1.165, 1.54) is 12.1 Å². The Labute approximate surface area is 203 Å². The lowest BCUT2D eigenvalue weighted by molar-refractivity contribution is -0.129. The first-order chi connectivity index (χ1) is 15.7. The molecule has 1 aliphatic rings. The van der Waals surface area contributed by atoms with Crippen LogP contribution >= 0.6 is 12.4 Å². The fourth-order valence-corrected chi connectivity index (χ4v) is 4.32. The quantitative estimate of drug-likeness (QED) is 0.483. The number of hydrogen-bond donors (Lipinski definition) is 1. The summed E-state index contributed by atoms with van der Waals surface area (Å²) >= 11 is 0. The maximum atomic E-state index is 14.7. The molecule has 1 atom stereocenters. The van der Waals surface area contributed by atoms with Gasteiger partial charge in [-0.15, -0.1) is 12.4 Å². The SMILES string of the molecule is CC(=O)N1CCN(c2ccc3nc(C)cc(NC(C)c4cccc(C(F)F)c4F)c3c2)CC1.Cl. The average Bonchev–Trinajstić information content (AvgIpc) is 2.78. The molecule has 1 fully saturated rings. The minimum absolute atomic E-state index is 0. The van der Waals surface area contributed by atoms with Crippen LogP contribution in [0.4, 0.5) is 24.5 Å². The Morgan fingerprint density at radius 1 is 1.06 bits per heavy atom. The number of piperazine rings is 1. The number of fused-ring (bicyclic) bond motifs is 1. The maximum absolute atomic E-state index is 14.7. The standard InChI is InChI=1S/C25H27F3N4O.ClH/c1-15-13-23(30-16(2)19-5-4-6-20(24(19)26)25(27)28)21-14-18(7-8-22(21)29-15)32-11-9-31(10-12-32)17(3)33;/h4-8,13-14,16,25H,9-12H2,1-3H3,(H,29,30);1H. The van der Waals surface area contributed by atoms with E-state index in [4.69, 9.17) is 0 Å². The number of aryl methyl sites for hydroxylation is 1. The number of aromatic nitrogens is 1. The molecule has 4 rings (SSSR count). The Kier molecular flexibility index (Phi) is 7.92. The topological polar surface area (TPSA) is 48.5 Å². The van der Waals surface area contributed by atoms with E-state index in [9.17, 15) is 18.0 Å². The fraction of sp³-hybridized carbons (Fsp3) is 0.360. The Bertz CT molecular complexity index is 1180. The van der Waals surface area contributed by atoms with Crippen molar-refractivity contribution in [3.8, 4) is 0 Å². The maximum Gasteiger partial charge on any atom is 0.266 e. The fourth-order valence-electron chi connectivity index (χ4n) is 4.32. The lowest BCUT2D eigenvalue weighted by Gasteiger charge is -2.35. The van der Waals surface area contributed by atoms with Crippen molar-refractivity contribution in [3.05, 3.63) is 65.1 Å². The summed E-state index contributed by atoms with van der Waals surface area (Å²) in [5.74, 6) is -0.803. The van der Waals surface area contributed by atoms with E-state index < -0.39 is 23.8 Å². The second-order valence-electron chi connectivity index (χ2n) is 8.42. The minimum atomic E-state index is -2.87. The molecule has 0 radical (unpaired) electrons. The number of nitrogens with one attached hydrogen (secondary N) is 1. The van der Waals surface area contributed by atoms with Crippen LogP contribution in [-0.2, 0) is 4.79 Å². The highest BCUT2D eigenvalue weighted by Gasteiger charge is 2.21. The van der Waals surface area contributed by atoms with Crippen LogP contribution in [0.15, 0.2) is 42.5 Å². The lowest BCUT2D eigenvalue weighted by atomic mass is 10.0. The van der Waals surface area contributed by atoms with Crippen molar-refractivity contribution in [1.29, 1.82) is 0 Å². The smallest absolute Gasteiger partial charge is 0.266 e. The van der Waals surface area contributed by atoms with Crippen molar-refractivity contribution < 1.29 is 18.0 Å². The first-order valence-corrected chi connectivity index (χ1v) is 11.0. The van der Waals surface area contributed by atoms with Crippen LogP contribution < -0.4 is 10.2 Å². The molecule has 1 aromatic heterocycles. The van der Waals surface area contributed by atoms with Crippen LogP contribution in [0, 0.1) is 12.7 Å². The number of alkyl halides is 2. The third-order valence-electron chi connectivity index (χ3n) is 6.14. The van der Waals surface area contributed by atoms with Crippen molar-refractivity contribution in [3.63, 3.8) is 0 Å². The Morgan fingerprint density at radius 2 is 1.74 bits per heavy atom. The van der Waals surface area contributed by atoms with Crippen LogP contribution in [0.2, 0.25) is 0 Å². The minimum Gasteiger partial charge on any atom is -0.378 e. The van der Waals surface area contributed by atoms with Crippen molar-refractivity contribution in [2.24, 2.45) is 0 Å². The zero-order valence-electron chi connectivity index (χ0n) is 19.3. The van der Waals surface area contributed by atoms with Gasteiger partial charge in [-0.25, -0.2) is 13.2 Å². The second kappa shape index (κ2) is 10.5. The van der Waals surface area contributed by atoms with Gasteiger partial charge in [0.15, 0.2) is 0 Å². The molecule has 1 amide bonds. The summed E-state index contributed by atoms with van der Waals surface area (Å²) in [5.41, 5.74) is 2.95. The van der Waals surface area contributed by atoms with Crippen molar-refractivity contribution in [1.82, 2.24) is 9.88 Å². The number of halogens is 4. The van der Waals surface area contributed by atoms with Crippen LogP contribution in [0.5, 0.6) is 0 Å². The molecule has 1 N–H and O–H groups in total. The Balaban J connectivity index is 0.00000324. The van der Waals surface area contributed by atoms with Gasteiger partial charge in [0, 0.05) is 61.1 Å². The zero-order chi connectivity index (χ0) is 23.7. The molecule has 2 heterocycles. The molecule has 0 spiro atoms. The summed E-state index contributed by atoms with van der Waals surface area (Å²) in [6.07, 6.45) is -2.87. The molecule has 3 aromatic rings. The number of hydrogen-bond acceptors (Lipinski definition) is 4. The van der Waals surface area contributed by atoms with Gasteiger partial charge in [0.05, 0.1) is 17.1 Å². The van der Waals surface area contributed by atoms with Crippen LogP contribution in [0.1, 0.15) is 43.1 Å². The van der Waals surface area contributed by atoms with Crippen LogP contribution in [0.25, 0.3) is 10.9 Å². The lowest BCUT2D eigenvalue weighted by Crippen LogP contribution is -2.48. The molecule has 0 bridgehead atoms. The van der Waals surface area contributed by atoms with Gasteiger partial charge in [0.2, 0.25) is 5.91 Å². The van der Waals surface area contributed by atoms with E-state index in [0.29, 0.717) is 13.1 Å². The van der Waals surface area contributed by atoms with Gasteiger partial charge in [-0.3, -0.25) is 9.78 Å². The summed E-state index contributed by atoms with van der Waals surface area (Å²) < 4.78 is 41.0. The third kappa shape index (κ3) is 5.22. The molecule has 5 nitrogen and oxygen atoms in total. The Hall–Kier alpha value is -3.00. The van der Waals surface area contributed by atoms with Gasteiger partial charge in [-0.2, -0.15) is 0 Å². The first kappa shape index (κ1) is 25.6. The molecule has 9 heteroatoms. The zero-order valence-corrected chi connectivity index (χ0v) is 20.1. The van der Waals surface area contributed by atoms with E-state index in [2.05, 4.69) is 15.2 Å². The van der Waals surface area contributed by atoms with Gasteiger partial charge in [0.1, 0.15) is 5.82 Å². The summed E-state index contributed by atoms with van der Waals surface area (Å²) in [5, 5.41) is 4.17. The first-order valence-electron chi connectivity index (χ1n) is 11.0. The normalized spacial score (nSPS) is 14.8. The number of anilines is 2. The third-order valence-corrected chi connectivity index (χ3v) is 6.14. The number of rotatable bonds is 5. The number of carbonyl (C=O) groups is 1. The molecular weight excluding hydrogens is 465 g/mol. The molecule has 1 unspecified atom stereocenters. The summed E-state index contributed by atoms with van der Waals surface area (Å²) in [6.45, 7) is 8.01. The predicted molar refractivity (Wildman–Crippen MR) is 132 cm³/mol. The second-order valence-corrected chi connectivity index (χ2v) is 8.42. The van der Waals surface area contributed by atoms with E-state index >= 15 is 0 Å². The number of nitrogens with zero attached hydrogens (tertiary/aromatic N) is 3. The van der Waals surface area contributed by atoms with E-state index in [1.807, 2.05) is 36.1 Å². The van der Waals surface area contributed by atoms with Crippen LogP contribution in [-0.4, -0.2) is 42.0 Å². The number of carbonyl (C=O) groups excluding carboxylic acids is 1. The summed E-state index contributed by atoms with van der Waals surface area (Å²) in [6, 6.07) is 11.4. The van der Waals surface area contributed by atoms with Gasteiger partial charge >= 0.3 is 0 Å². The number of amides is 1. The monoisotopic (exact) mass is 492 g/mol. The van der Waals surface area contributed by atoms with Gasteiger partial charge in [-0.1, -0.05) is 18.2 Å². The Morgan fingerprint density at radius 3 is 2.38 bits per heavy atom. The van der Waals surface area contributed by atoms with Crippen molar-refractivity contribution >= 4 is 40.6 Å². The van der Waals surface area contributed by atoms with Crippen molar-refractivity contribution in [2.75, 3.05) is 36.4 Å². The van der Waals surface area contributed by atoms with Crippen molar-refractivity contribution in [2.45, 2.75) is 33.2 Å². The molecule has 0 saturated carbocycles. The highest BCUT2D eigenvalue weighted by molar-refractivity contribution is 5.94. The van der Waals surface area contributed by atoms with Crippen LogP contribution in [0.3, 0.4) is 0 Å². The van der Waals surface area contributed by atoms with E-state index in [1.54, 1.807) is 13.8 Å². The molecule has 2 aromatic carbocycles. The molecular formula is C25H28ClF3N4O. The average molecular weight is 493 g/mol. The summed E-state index contributed by atoms with van der Waals surface area (Å²) in [4.78, 5) is 20.3. The summed E-state index contributed by atoms with van der Waals surface area (Å²) in [7, 11) is 0. The molecule has 1 saturated heterocycles. The molecule has 182 valence electrons. The van der Waals surface area contributed by atoms with Gasteiger partial charge in [-0.05, 0) is 38.1 Å². The van der Waals surface area contributed by atoms with Gasteiger partial charge in [0.25, 0.3) is 6.43 Å². The van der Waals surface area contributed by atoms with E-state index in [-0.39, 0.29) is 23.9 Å². The highest BCUT2D eigenvalue weighted by atomic mass is 35.5. The molecule has 1 aliphatic heterocycles. The number of pyridine rings is 1. The largest absolute Gasteiger partial charge is 0.378 e. The molecule has 0 aliphatic carbocycles. The molecule has 34 heavy (non-hydrogen) atoms.